The van der Waals surface area contributed by atoms with Crippen molar-refractivity contribution in [1.82, 2.24) is 0 Å². The predicted molar refractivity (Wildman–Crippen MR) is 74.9 cm³/mol. The summed E-state index contributed by atoms with van der Waals surface area (Å²) in [5, 5.41) is 0.923. The van der Waals surface area contributed by atoms with Crippen LogP contribution in [0.2, 0.25) is 0 Å². The molecule has 3 heteroatoms. The Hall–Kier alpha value is -1.77. The monoisotopic (exact) mass is 245 g/mol. The third-order valence-corrected chi connectivity index (χ3v) is 3.35. The van der Waals surface area contributed by atoms with Gasteiger partial charge in [0.25, 0.3) is 0 Å². The highest BCUT2D eigenvalue weighted by atomic mass is 16.4. The van der Waals surface area contributed by atoms with Crippen molar-refractivity contribution in [3.8, 4) is 0 Å². The molecule has 0 unspecified atom stereocenters. The molecule has 0 radical (unpaired) electrons. The second-order valence-electron chi connectivity index (χ2n) is 4.72. The summed E-state index contributed by atoms with van der Waals surface area (Å²) in [6.07, 6.45) is 4.62. The molecule has 0 saturated heterocycles. The fraction of sp³-hybridized carbons (Fsp3) is 0.400. The summed E-state index contributed by atoms with van der Waals surface area (Å²) in [4.78, 5) is 11.5. The topological polar surface area (TPSA) is 56.2 Å². The van der Waals surface area contributed by atoms with E-state index in [1.807, 2.05) is 19.1 Å². The number of unbranched alkanes of at least 4 members (excludes halogenated alkanes) is 2. The number of benzene rings is 1. The van der Waals surface area contributed by atoms with Crippen LogP contribution in [0, 0.1) is 6.92 Å². The largest absolute Gasteiger partial charge is 0.421 e. The Labute approximate surface area is 107 Å². The standard InChI is InChI=1S/C15H19NO2/c1-3-4-5-6-11-7-8-12-10(2)14(16)15(17)18-13(12)9-11/h7-9H,3-6,16H2,1-2H3. The summed E-state index contributed by atoms with van der Waals surface area (Å²) < 4.78 is 5.24. The van der Waals surface area contributed by atoms with E-state index in [0.29, 0.717) is 5.58 Å². The number of hydrogen-bond donors (Lipinski definition) is 1. The number of fused-ring (bicyclic) bond motifs is 1. The van der Waals surface area contributed by atoms with Gasteiger partial charge in [0.05, 0.1) is 0 Å². The van der Waals surface area contributed by atoms with Crippen LogP contribution in [0.5, 0.6) is 0 Å². The molecule has 0 spiro atoms. The molecule has 2 N–H and O–H groups in total. The number of anilines is 1. The smallest absolute Gasteiger partial charge is 0.359 e. The first-order valence-electron chi connectivity index (χ1n) is 6.45. The number of hydrogen-bond acceptors (Lipinski definition) is 3. The predicted octanol–water partition coefficient (Wildman–Crippen LogP) is 3.42. The van der Waals surface area contributed by atoms with Gasteiger partial charge in [-0.2, -0.15) is 0 Å². The van der Waals surface area contributed by atoms with E-state index < -0.39 is 5.63 Å². The van der Waals surface area contributed by atoms with Crippen LogP contribution in [-0.4, -0.2) is 0 Å². The molecule has 0 saturated carbocycles. The van der Waals surface area contributed by atoms with Crippen LogP contribution in [-0.2, 0) is 6.42 Å². The molecule has 1 aromatic carbocycles. The van der Waals surface area contributed by atoms with Crippen molar-refractivity contribution in [2.75, 3.05) is 5.73 Å². The summed E-state index contributed by atoms with van der Waals surface area (Å²) in [6, 6.07) is 6.04. The van der Waals surface area contributed by atoms with Gasteiger partial charge in [-0.15, -0.1) is 0 Å². The fourth-order valence-electron chi connectivity index (χ4n) is 2.15. The van der Waals surface area contributed by atoms with Crippen molar-refractivity contribution >= 4 is 16.7 Å². The van der Waals surface area contributed by atoms with Gasteiger partial charge in [0, 0.05) is 5.39 Å². The highest BCUT2D eigenvalue weighted by molar-refractivity contribution is 5.84. The Morgan fingerprint density at radius 1 is 1.28 bits per heavy atom. The molecular weight excluding hydrogens is 226 g/mol. The van der Waals surface area contributed by atoms with Crippen LogP contribution in [0.15, 0.2) is 27.4 Å². The highest BCUT2D eigenvalue weighted by Gasteiger charge is 2.08. The molecule has 0 aliphatic carbocycles. The minimum atomic E-state index is -0.439. The lowest BCUT2D eigenvalue weighted by molar-refractivity contribution is 0.562. The first kappa shape index (κ1) is 12.7. The molecule has 18 heavy (non-hydrogen) atoms. The van der Waals surface area contributed by atoms with Crippen LogP contribution < -0.4 is 11.4 Å². The molecule has 1 heterocycles. The Kier molecular flexibility index (Phi) is 3.70. The van der Waals surface area contributed by atoms with Crippen LogP contribution in [0.4, 0.5) is 5.69 Å². The summed E-state index contributed by atoms with van der Waals surface area (Å²) in [7, 11) is 0. The summed E-state index contributed by atoms with van der Waals surface area (Å²) in [5.74, 6) is 0. The van der Waals surface area contributed by atoms with E-state index in [1.165, 1.54) is 24.8 Å². The zero-order chi connectivity index (χ0) is 13.1. The maximum Gasteiger partial charge on any atom is 0.359 e. The van der Waals surface area contributed by atoms with Crippen molar-refractivity contribution in [2.24, 2.45) is 0 Å². The van der Waals surface area contributed by atoms with E-state index in [2.05, 4.69) is 13.0 Å². The van der Waals surface area contributed by atoms with E-state index in [1.54, 1.807) is 0 Å². The maximum absolute atomic E-state index is 11.5. The van der Waals surface area contributed by atoms with E-state index in [-0.39, 0.29) is 5.69 Å². The third kappa shape index (κ3) is 2.40. The number of nitrogen functional groups attached to an aromatic ring is 1. The molecule has 1 aromatic heterocycles. The molecule has 0 atom stereocenters. The van der Waals surface area contributed by atoms with E-state index >= 15 is 0 Å². The van der Waals surface area contributed by atoms with Crippen molar-refractivity contribution in [3.05, 3.63) is 39.7 Å². The van der Waals surface area contributed by atoms with Gasteiger partial charge in [0.1, 0.15) is 11.3 Å². The van der Waals surface area contributed by atoms with Gasteiger partial charge in [-0.3, -0.25) is 0 Å². The fourth-order valence-corrected chi connectivity index (χ4v) is 2.15. The van der Waals surface area contributed by atoms with E-state index in [4.69, 9.17) is 10.2 Å². The molecule has 96 valence electrons. The molecule has 0 aliphatic heterocycles. The van der Waals surface area contributed by atoms with E-state index in [9.17, 15) is 4.79 Å². The number of rotatable bonds is 4. The average molecular weight is 245 g/mol. The SMILES string of the molecule is CCCCCc1ccc2c(C)c(N)c(=O)oc2c1. The quantitative estimate of drug-likeness (QED) is 0.663. The average Bonchev–Trinajstić information content (AvgIpc) is 2.36. The minimum Gasteiger partial charge on any atom is -0.421 e. The van der Waals surface area contributed by atoms with Crippen LogP contribution in [0.3, 0.4) is 0 Å². The zero-order valence-electron chi connectivity index (χ0n) is 11.0. The number of aryl methyl sites for hydroxylation is 2. The Balaban J connectivity index is 2.40. The second-order valence-corrected chi connectivity index (χ2v) is 4.72. The Morgan fingerprint density at radius 2 is 2.06 bits per heavy atom. The van der Waals surface area contributed by atoms with Crippen molar-refractivity contribution in [2.45, 2.75) is 39.5 Å². The molecule has 2 rings (SSSR count). The van der Waals surface area contributed by atoms with Gasteiger partial charge in [-0.05, 0) is 37.0 Å². The van der Waals surface area contributed by atoms with Crippen molar-refractivity contribution in [3.63, 3.8) is 0 Å². The highest BCUT2D eigenvalue weighted by Crippen LogP contribution is 2.22. The summed E-state index contributed by atoms with van der Waals surface area (Å²) in [6.45, 7) is 4.04. The minimum absolute atomic E-state index is 0.209. The first-order chi connectivity index (χ1) is 8.63. The van der Waals surface area contributed by atoms with Crippen LogP contribution in [0.1, 0.15) is 37.3 Å². The number of nitrogens with two attached hydrogens (primary N) is 1. The molecule has 0 aliphatic rings. The molecule has 0 fully saturated rings. The molecular formula is C15H19NO2. The molecule has 3 nitrogen and oxygen atoms in total. The summed E-state index contributed by atoms with van der Waals surface area (Å²) in [5.41, 5.74) is 8.11. The van der Waals surface area contributed by atoms with Crippen molar-refractivity contribution < 1.29 is 4.42 Å². The molecule has 2 aromatic rings. The van der Waals surface area contributed by atoms with Crippen LogP contribution in [0.25, 0.3) is 11.0 Å². The Bertz CT molecular complexity index is 614. The van der Waals surface area contributed by atoms with Gasteiger partial charge in [0.15, 0.2) is 0 Å². The van der Waals surface area contributed by atoms with Gasteiger partial charge >= 0.3 is 5.63 Å². The summed E-state index contributed by atoms with van der Waals surface area (Å²) >= 11 is 0. The molecule has 0 amide bonds. The molecule has 0 bridgehead atoms. The lowest BCUT2D eigenvalue weighted by Crippen LogP contribution is -2.08. The van der Waals surface area contributed by atoms with Gasteiger partial charge in [0.2, 0.25) is 0 Å². The zero-order valence-corrected chi connectivity index (χ0v) is 11.0. The van der Waals surface area contributed by atoms with Crippen LogP contribution >= 0.6 is 0 Å². The third-order valence-electron chi connectivity index (χ3n) is 3.35. The normalized spacial score (nSPS) is 11.0. The van der Waals surface area contributed by atoms with Crippen molar-refractivity contribution in [1.29, 1.82) is 0 Å². The Morgan fingerprint density at radius 3 is 2.78 bits per heavy atom. The van der Waals surface area contributed by atoms with Gasteiger partial charge < -0.3 is 10.2 Å². The van der Waals surface area contributed by atoms with Gasteiger partial charge in [-0.1, -0.05) is 31.9 Å². The van der Waals surface area contributed by atoms with E-state index in [0.717, 1.165) is 17.4 Å². The lowest BCUT2D eigenvalue weighted by atomic mass is 10.0. The lowest BCUT2D eigenvalue weighted by Gasteiger charge is -2.06. The second kappa shape index (κ2) is 5.25. The first-order valence-corrected chi connectivity index (χ1v) is 6.45. The maximum atomic E-state index is 11.5. The van der Waals surface area contributed by atoms with Gasteiger partial charge in [-0.25, -0.2) is 4.79 Å².